The van der Waals surface area contributed by atoms with Gasteiger partial charge in [0.25, 0.3) is 0 Å². The first-order valence-electron chi connectivity index (χ1n) is 5.68. The summed E-state index contributed by atoms with van der Waals surface area (Å²) in [6.07, 6.45) is 4.77. The molecule has 2 aliphatic rings. The molecule has 0 spiro atoms. The van der Waals surface area contributed by atoms with Gasteiger partial charge in [-0.25, -0.2) is 0 Å². The predicted molar refractivity (Wildman–Crippen MR) is 55.3 cm³/mol. The third-order valence-corrected chi connectivity index (χ3v) is 3.03. The van der Waals surface area contributed by atoms with Crippen LogP contribution in [0.5, 0.6) is 0 Å². The summed E-state index contributed by atoms with van der Waals surface area (Å²) in [5.74, 6) is 0.625. The first kappa shape index (κ1) is 10.4. The van der Waals surface area contributed by atoms with E-state index in [2.05, 4.69) is 6.92 Å². The number of hydrogen-bond acceptors (Lipinski definition) is 3. The lowest BCUT2D eigenvalue weighted by Gasteiger charge is -2.09. The molecule has 0 bridgehead atoms. The molecule has 1 aliphatic heterocycles. The van der Waals surface area contributed by atoms with Gasteiger partial charge in [0, 0.05) is 19.3 Å². The highest BCUT2D eigenvalue weighted by molar-refractivity contribution is 6.25. The van der Waals surface area contributed by atoms with Gasteiger partial charge in [0.2, 0.25) is 0 Å². The quantitative estimate of drug-likeness (QED) is 0.516. The topological polar surface area (TPSA) is 43.4 Å². The van der Waals surface area contributed by atoms with E-state index in [4.69, 9.17) is 4.74 Å². The van der Waals surface area contributed by atoms with E-state index in [1.807, 2.05) is 0 Å². The second-order valence-electron chi connectivity index (χ2n) is 4.21. The molecule has 2 fully saturated rings. The summed E-state index contributed by atoms with van der Waals surface area (Å²) in [5.41, 5.74) is 0.369. The Balaban J connectivity index is 2.14. The van der Waals surface area contributed by atoms with E-state index in [9.17, 15) is 9.59 Å². The van der Waals surface area contributed by atoms with Crippen LogP contribution in [0.15, 0.2) is 11.3 Å². The van der Waals surface area contributed by atoms with E-state index in [-0.39, 0.29) is 17.7 Å². The number of Topliss-reactive ketones (excluding diaryl/α,β-unsaturated/α-hetero) is 2. The maximum Gasteiger partial charge on any atom is 0.170 e. The van der Waals surface area contributed by atoms with Gasteiger partial charge in [-0.15, -0.1) is 0 Å². The second-order valence-corrected chi connectivity index (χ2v) is 4.21. The summed E-state index contributed by atoms with van der Waals surface area (Å²) in [7, 11) is 0. The molecule has 15 heavy (non-hydrogen) atoms. The van der Waals surface area contributed by atoms with Gasteiger partial charge in [0.15, 0.2) is 11.6 Å². The molecule has 3 nitrogen and oxygen atoms in total. The van der Waals surface area contributed by atoms with Gasteiger partial charge >= 0.3 is 0 Å². The van der Waals surface area contributed by atoms with E-state index in [1.165, 1.54) is 0 Å². The lowest BCUT2D eigenvalue weighted by atomic mass is 10.1. The van der Waals surface area contributed by atoms with Crippen LogP contribution < -0.4 is 0 Å². The smallest absolute Gasteiger partial charge is 0.170 e. The molecule has 1 atom stereocenters. The average molecular weight is 208 g/mol. The Morgan fingerprint density at radius 1 is 1.20 bits per heavy atom. The Morgan fingerprint density at radius 3 is 2.47 bits per heavy atom. The highest BCUT2D eigenvalue weighted by Gasteiger charge is 2.33. The zero-order valence-electron chi connectivity index (χ0n) is 9.04. The SMILES string of the molecule is CCC[C@@H]1CCC(=C2C(=O)CCC2=O)O1. The van der Waals surface area contributed by atoms with Crippen molar-refractivity contribution in [3.63, 3.8) is 0 Å². The molecule has 0 aromatic heterocycles. The fourth-order valence-corrected chi connectivity index (χ4v) is 2.26. The molecule has 3 heteroatoms. The largest absolute Gasteiger partial charge is 0.494 e. The van der Waals surface area contributed by atoms with Crippen LogP contribution in [-0.2, 0) is 14.3 Å². The molecule has 1 saturated carbocycles. The Hall–Kier alpha value is -1.12. The molecule has 82 valence electrons. The minimum atomic E-state index is -0.0212. The van der Waals surface area contributed by atoms with Gasteiger partial charge < -0.3 is 4.74 Å². The number of carbonyl (C=O) groups is 2. The molecule has 0 radical (unpaired) electrons. The van der Waals surface area contributed by atoms with Crippen molar-refractivity contribution in [1.82, 2.24) is 0 Å². The van der Waals surface area contributed by atoms with Crippen molar-refractivity contribution in [2.24, 2.45) is 0 Å². The zero-order valence-corrected chi connectivity index (χ0v) is 9.04. The number of hydrogen-bond donors (Lipinski definition) is 0. The standard InChI is InChI=1S/C12H16O3/c1-2-3-8-4-7-11(15-8)12-9(13)5-6-10(12)14/h8H,2-7H2,1H3/t8-/m1/s1. The van der Waals surface area contributed by atoms with E-state index < -0.39 is 0 Å². The van der Waals surface area contributed by atoms with Gasteiger partial charge in [-0.3, -0.25) is 9.59 Å². The van der Waals surface area contributed by atoms with Crippen molar-refractivity contribution >= 4 is 11.6 Å². The predicted octanol–water partition coefficient (Wildman–Crippen LogP) is 2.15. The average Bonchev–Trinajstić information content (AvgIpc) is 2.75. The fraction of sp³-hybridized carbons (Fsp3) is 0.667. The molecule has 0 unspecified atom stereocenters. The van der Waals surface area contributed by atoms with Crippen LogP contribution in [0.3, 0.4) is 0 Å². The van der Waals surface area contributed by atoms with E-state index in [1.54, 1.807) is 0 Å². The number of ether oxygens (including phenoxy) is 1. The fourth-order valence-electron chi connectivity index (χ4n) is 2.26. The first-order chi connectivity index (χ1) is 7.22. The molecule has 0 N–H and O–H groups in total. The molecular weight excluding hydrogens is 192 g/mol. The molecule has 0 aromatic carbocycles. The van der Waals surface area contributed by atoms with Crippen molar-refractivity contribution in [3.05, 3.63) is 11.3 Å². The normalized spacial score (nSPS) is 26.3. The molecule has 1 aliphatic carbocycles. The Bertz CT molecular complexity index is 310. The van der Waals surface area contributed by atoms with Crippen molar-refractivity contribution < 1.29 is 14.3 Å². The number of allylic oxidation sites excluding steroid dienone is 2. The van der Waals surface area contributed by atoms with Crippen molar-refractivity contribution in [2.75, 3.05) is 0 Å². The minimum Gasteiger partial charge on any atom is -0.494 e. The van der Waals surface area contributed by atoms with Crippen molar-refractivity contribution in [2.45, 2.75) is 51.6 Å². The van der Waals surface area contributed by atoms with E-state index in [0.717, 1.165) is 25.7 Å². The van der Waals surface area contributed by atoms with Gasteiger partial charge in [0.1, 0.15) is 5.76 Å². The van der Waals surface area contributed by atoms with Crippen molar-refractivity contribution in [3.8, 4) is 0 Å². The minimum absolute atomic E-state index is 0.0212. The molecule has 2 rings (SSSR count). The molecular formula is C12H16O3. The van der Waals surface area contributed by atoms with Crippen LogP contribution in [-0.4, -0.2) is 17.7 Å². The van der Waals surface area contributed by atoms with Gasteiger partial charge in [0.05, 0.1) is 11.7 Å². The van der Waals surface area contributed by atoms with Crippen molar-refractivity contribution in [1.29, 1.82) is 0 Å². The molecule has 1 heterocycles. The van der Waals surface area contributed by atoms with Crippen LogP contribution in [0.2, 0.25) is 0 Å². The lowest BCUT2D eigenvalue weighted by Crippen LogP contribution is -2.07. The third-order valence-electron chi connectivity index (χ3n) is 3.03. The molecule has 1 saturated heterocycles. The van der Waals surface area contributed by atoms with Gasteiger partial charge in [-0.2, -0.15) is 0 Å². The summed E-state index contributed by atoms with van der Waals surface area (Å²) >= 11 is 0. The van der Waals surface area contributed by atoms with E-state index >= 15 is 0 Å². The highest BCUT2D eigenvalue weighted by Crippen LogP contribution is 2.32. The number of rotatable bonds is 2. The summed E-state index contributed by atoms with van der Waals surface area (Å²) in [4.78, 5) is 23.0. The maximum atomic E-state index is 11.5. The summed E-state index contributed by atoms with van der Waals surface area (Å²) < 4.78 is 5.66. The third kappa shape index (κ3) is 1.96. The van der Waals surface area contributed by atoms with Crippen LogP contribution in [0.25, 0.3) is 0 Å². The van der Waals surface area contributed by atoms with Crippen LogP contribution in [0.1, 0.15) is 45.4 Å². The van der Waals surface area contributed by atoms with Crippen LogP contribution in [0.4, 0.5) is 0 Å². The van der Waals surface area contributed by atoms with Gasteiger partial charge in [-0.05, 0) is 12.8 Å². The second kappa shape index (κ2) is 4.17. The highest BCUT2D eigenvalue weighted by atomic mass is 16.5. The van der Waals surface area contributed by atoms with Crippen LogP contribution in [0, 0.1) is 0 Å². The molecule has 0 aromatic rings. The monoisotopic (exact) mass is 208 g/mol. The number of ketones is 2. The Kier molecular flexibility index (Phi) is 2.89. The summed E-state index contributed by atoms with van der Waals surface area (Å²) in [6, 6.07) is 0. The lowest BCUT2D eigenvalue weighted by molar-refractivity contribution is -0.116. The molecule has 0 amide bonds. The maximum absolute atomic E-state index is 11.5. The number of carbonyl (C=O) groups excluding carboxylic acids is 2. The van der Waals surface area contributed by atoms with Crippen LogP contribution >= 0.6 is 0 Å². The zero-order chi connectivity index (χ0) is 10.8. The Labute approximate surface area is 89.5 Å². The Morgan fingerprint density at radius 2 is 1.87 bits per heavy atom. The van der Waals surface area contributed by atoms with Gasteiger partial charge in [-0.1, -0.05) is 13.3 Å². The summed E-state index contributed by atoms with van der Waals surface area (Å²) in [6.45, 7) is 2.11. The first-order valence-corrected chi connectivity index (χ1v) is 5.68. The van der Waals surface area contributed by atoms with E-state index in [0.29, 0.717) is 24.2 Å². The summed E-state index contributed by atoms with van der Waals surface area (Å²) in [5, 5.41) is 0.